The fourth-order valence-electron chi connectivity index (χ4n) is 2.92. The molecule has 23 heavy (non-hydrogen) atoms. The van der Waals surface area contributed by atoms with Crippen LogP contribution in [-0.2, 0) is 11.3 Å². The molecule has 0 saturated carbocycles. The van der Waals surface area contributed by atoms with E-state index in [1.165, 1.54) is 0 Å². The Morgan fingerprint density at radius 1 is 1.22 bits per heavy atom. The third-order valence-electron chi connectivity index (χ3n) is 4.36. The fraction of sp³-hybridized carbons (Fsp3) is 0.471. The van der Waals surface area contributed by atoms with Crippen molar-refractivity contribution >= 4 is 22.6 Å². The number of methoxy groups -OCH3 is 1. The van der Waals surface area contributed by atoms with Crippen LogP contribution in [0.1, 0.15) is 0 Å². The number of ether oxygens (including phenoxy) is 1. The number of rotatable bonds is 4. The monoisotopic (exact) mass is 316 g/mol. The summed E-state index contributed by atoms with van der Waals surface area (Å²) in [6.07, 6.45) is 2.00. The topological polar surface area (TPSA) is 49.7 Å². The number of nitrogens with zero attached hydrogens (tertiary/aromatic N) is 3. The molecule has 1 aromatic heterocycles. The van der Waals surface area contributed by atoms with E-state index in [1.54, 1.807) is 7.11 Å². The number of hydrogen-bond acceptors (Lipinski definition) is 3. The number of amides is 2. The van der Waals surface area contributed by atoms with Crippen LogP contribution in [0.4, 0.5) is 10.5 Å². The van der Waals surface area contributed by atoms with Crippen molar-refractivity contribution in [2.45, 2.75) is 6.54 Å². The number of piperazine rings is 1. The maximum absolute atomic E-state index is 12.5. The first kappa shape index (κ1) is 15.8. The predicted octanol–water partition coefficient (Wildman–Crippen LogP) is 2.07. The quantitative estimate of drug-likeness (QED) is 0.939. The summed E-state index contributed by atoms with van der Waals surface area (Å²) in [6.45, 7) is 4.78. The van der Waals surface area contributed by atoms with Crippen LogP contribution in [0.25, 0.3) is 10.9 Å². The van der Waals surface area contributed by atoms with E-state index >= 15 is 0 Å². The normalized spacial score (nSPS) is 16.0. The molecule has 0 bridgehead atoms. The van der Waals surface area contributed by atoms with E-state index in [4.69, 9.17) is 4.74 Å². The van der Waals surface area contributed by atoms with Crippen molar-refractivity contribution in [2.24, 2.45) is 0 Å². The number of nitrogens with one attached hydrogen (secondary N) is 1. The third-order valence-corrected chi connectivity index (χ3v) is 4.36. The number of hydrogen-bond donors (Lipinski definition) is 1. The summed E-state index contributed by atoms with van der Waals surface area (Å²) in [5, 5.41) is 4.13. The minimum absolute atomic E-state index is 0.0206. The second-order valence-corrected chi connectivity index (χ2v) is 5.97. The third kappa shape index (κ3) is 3.48. The van der Waals surface area contributed by atoms with Crippen molar-refractivity contribution in [2.75, 3.05) is 52.3 Å². The predicted molar refractivity (Wildman–Crippen MR) is 91.9 cm³/mol. The Kier molecular flexibility index (Phi) is 4.83. The number of aromatic nitrogens is 1. The zero-order valence-electron chi connectivity index (χ0n) is 13.8. The van der Waals surface area contributed by atoms with Crippen LogP contribution < -0.4 is 5.32 Å². The van der Waals surface area contributed by atoms with Gasteiger partial charge in [0, 0.05) is 51.4 Å². The molecular weight excluding hydrogens is 292 g/mol. The lowest BCUT2D eigenvalue weighted by molar-refractivity contribution is 0.164. The van der Waals surface area contributed by atoms with Crippen molar-refractivity contribution in [3.8, 4) is 0 Å². The first-order chi connectivity index (χ1) is 11.2. The lowest BCUT2D eigenvalue weighted by Crippen LogP contribution is -2.48. The number of anilines is 1. The first-order valence-electron chi connectivity index (χ1n) is 8.00. The van der Waals surface area contributed by atoms with E-state index in [9.17, 15) is 4.79 Å². The minimum atomic E-state index is -0.0206. The molecule has 1 aromatic carbocycles. The van der Waals surface area contributed by atoms with Crippen molar-refractivity contribution in [1.82, 2.24) is 14.4 Å². The summed E-state index contributed by atoms with van der Waals surface area (Å²) in [5.74, 6) is 0. The molecule has 0 radical (unpaired) electrons. The fourth-order valence-corrected chi connectivity index (χ4v) is 2.92. The summed E-state index contributed by atoms with van der Waals surface area (Å²) in [7, 11) is 3.78. The second kappa shape index (κ2) is 7.02. The molecule has 1 saturated heterocycles. The highest BCUT2D eigenvalue weighted by molar-refractivity contribution is 6.01. The van der Waals surface area contributed by atoms with Gasteiger partial charge in [-0.1, -0.05) is 18.2 Å². The van der Waals surface area contributed by atoms with Gasteiger partial charge < -0.3 is 24.4 Å². The molecule has 0 unspecified atom stereocenters. The second-order valence-electron chi connectivity index (χ2n) is 5.97. The van der Waals surface area contributed by atoms with E-state index in [-0.39, 0.29) is 6.03 Å². The molecule has 0 atom stereocenters. The van der Waals surface area contributed by atoms with Crippen LogP contribution in [0.2, 0.25) is 0 Å². The van der Waals surface area contributed by atoms with Gasteiger partial charge >= 0.3 is 6.03 Å². The molecule has 1 aliphatic heterocycles. The number of fused-ring (bicyclic) bond motifs is 1. The number of likely N-dealkylation sites (N-methyl/N-ethyl adjacent to an activating group) is 1. The van der Waals surface area contributed by atoms with Gasteiger partial charge in [-0.15, -0.1) is 0 Å². The van der Waals surface area contributed by atoms with E-state index in [1.807, 2.05) is 29.3 Å². The molecule has 2 amide bonds. The number of urea groups is 1. The standard InChI is InChI=1S/C17H24N4O2/c1-19-7-9-20(10-8-19)17(22)18-15-13-21(11-12-23-2)16-6-4-3-5-14(15)16/h3-6,13H,7-12H2,1-2H3,(H,18,22). The largest absolute Gasteiger partial charge is 0.383 e. The first-order valence-corrected chi connectivity index (χ1v) is 8.00. The maximum Gasteiger partial charge on any atom is 0.321 e. The Balaban J connectivity index is 1.78. The Labute approximate surface area is 136 Å². The van der Waals surface area contributed by atoms with Gasteiger partial charge in [-0.25, -0.2) is 4.79 Å². The molecular formula is C17H24N4O2. The molecule has 6 heteroatoms. The van der Waals surface area contributed by atoms with E-state index in [0.29, 0.717) is 6.61 Å². The van der Waals surface area contributed by atoms with Crippen molar-refractivity contribution in [1.29, 1.82) is 0 Å². The molecule has 1 fully saturated rings. The Morgan fingerprint density at radius 2 is 1.96 bits per heavy atom. The van der Waals surface area contributed by atoms with Gasteiger partial charge in [0.2, 0.25) is 0 Å². The summed E-state index contributed by atoms with van der Waals surface area (Å²) in [6, 6.07) is 8.09. The molecule has 3 rings (SSSR count). The Hall–Kier alpha value is -2.05. The van der Waals surface area contributed by atoms with Crippen molar-refractivity contribution in [3.63, 3.8) is 0 Å². The van der Waals surface area contributed by atoms with E-state index in [0.717, 1.165) is 49.3 Å². The summed E-state index contributed by atoms with van der Waals surface area (Å²) in [4.78, 5) is 16.6. The van der Waals surface area contributed by atoms with Gasteiger partial charge in [-0.05, 0) is 13.1 Å². The number of carbonyl (C=O) groups excluding carboxylic acids is 1. The highest BCUT2D eigenvalue weighted by Gasteiger charge is 2.20. The van der Waals surface area contributed by atoms with E-state index < -0.39 is 0 Å². The lowest BCUT2D eigenvalue weighted by atomic mass is 10.2. The zero-order chi connectivity index (χ0) is 16.2. The molecule has 1 N–H and O–H groups in total. The van der Waals surface area contributed by atoms with Crippen LogP contribution in [0.3, 0.4) is 0 Å². The Morgan fingerprint density at radius 3 is 2.70 bits per heavy atom. The van der Waals surface area contributed by atoms with Crippen LogP contribution >= 0.6 is 0 Å². The zero-order valence-corrected chi connectivity index (χ0v) is 13.8. The van der Waals surface area contributed by atoms with Gasteiger partial charge in [0.1, 0.15) is 0 Å². The molecule has 0 aliphatic carbocycles. The van der Waals surface area contributed by atoms with Crippen molar-refractivity contribution in [3.05, 3.63) is 30.5 Å². The smallest absolute Gasteiger partial charge is 0.321 e. The van der Waals surface area contributed by atoms with Gasteiger partial charge in [-0.2, -0.15) is 0 Å². The summed E-state index contributed by atoms with van der Waals surface area (Å²) < 4.78 is 7.29. The average Bonchev–Trinajstić information content (AvgIpc) is 2.91. The lowest BCUT2D eigenvalue weighted by Gasteiger charge is -2.32. The van der Waals surface area contributed by atoms with Crippen LogP contribution in [0.15, 0.2) is 30.5 Å². The molecule has 0 spiro atoms. The summed E-state index contributed by atoms with van der Waals surface area (Å²) in [5.41, 5.74) is 1.97. The van der Waals surface area contributed by atoms with Crippen molar-refractivity contribution < 1.29 is 9.53 Å². The summed E-state index contributed by atoms with van der Waals surface area (Å²) >= 11 is 0. The number of carbonyl (C=O) groups is 1. The van der Waals surface area contributed by atoms with Gasteiger partial charge in [0.05, 0.1) is 17.8 Å². The van der Waals surface area contributed by atoms with Crippen LogP contribution in [-0.4, -0.2) is 67.3 Å². The van der Waals surface area contributed by atoms with Gasteiger partial charge in [-0.3, -0.25) is 0 Å². The van der Waals surface area contributed by atoms with Gasteiger partial charge in [0.25, 0.3) is 0 Å². The molecule has 2 heterocycles. The highest BCUT2D eigenvalue weighted by atomic mass is 16.5. The highest BCUT2D eigenvalue weighted by Crippen LogP contribution is 2.26. The minimum Gasteiger partial charge on any atom is -0.383 e. The van der Waals surface area contributed by atoms with E-state index in [2.05, 4.69) is 27.9 Å². The maximum atomic E-state index is 12.5. The molecule has 124 valence electrons. The SMILES string of the molecule is COCCn1cc(NC(=O)N2CCN(C)CC2)c2ccccc21. The van der Waals surface area contributed by atoms with Crippen LogP contribution in [0, 0.1) is 0 Å². The molecule has 6 nitrogen and oxygen atoms in total. The molecule has 1 aliphatic rings. The number of para-hydroxylation sites is 1. The Bertz CT molecular complexity index is 674. The molecule has 2 aromatic rings. The van der Waals surface area contributed by atoms with Crippen LogP contribution in [0.5, 0.6) is 0 Å². The van der Waals surface area contributed by atoms with Gasteiger partial charge in [0.15, 0.2) is 0 Å². The number of benzene rings is 1. The average molecular weight is 316 g/mol.